The number of fused-ring (bicyclic) bond motifs is 1. The molecule has 0 bridgehead atoms. The van der Waals surface area contributed by atoms with E-state index < -0.39 is 0 Å². The normalized spacial score (nSPS) is 19.7. The molecular weight excluding hydrogens is 390 g/mol. The van der Waals surface area contributed by atoms with Crippen LogP contribution in [-0.2, 0) is 17.7 Å². The first kappa shape index (κ1) is 20.2. The molecule has 7 heteroatoms. The number of hydrogen-bond donors (Lipinski definition) is 1. The second-order valence-electron chi connectivity index (χ2n) is 8.72. The van der Waals surface area contributed by atoms with Crippen molar-refractivity contribution < 1.29 is 9.53 Å². The SMILES string of the molecule is O=C(NC1CCCCC1)N1CCc2nc(-c3ccccc3)nc(N3CCOCC3)c2C1. The molecule has 0 unspecified atom stereocenters. The molecule has 2 aliphatic heterocycles. The van der Waals surface area contributed by atoms with Gasteiger partial charge in [-0.3, -0.25) is 0 Å². The van der Waals surface area contributed by atoms with Gasteiger partial charge in [0, 0.05) is 43.2 Å². The number of hydrogen-bond acceptors (Lipinski definition) is 5. The maximum Gasteiger partial charge on any atom is 0.317 e. The van der Waals surface area contributed by atoms with E-state index in [0.29, 0.717) is 32.3 Å². The zero-order valence-electron chi connectivity index (χ0n) is 18.1. The van der Waals surface area contributed by atoms with E-state index in [9.17, 15) is 4.79 Å². The minimum atomic E-state index is 0.0533. The van der Waals surface area contributed by atoms with Crippen molar-refractivity contribution >= 4 is 11.8 Å². The lowest BCUT2D eigenvalue weighted by molar-refractivity contribution is 0.122. The number of urea groups is 1. The van der Waals surface area contributed by atoms with Crippen LogP contribution >= 0.6 is 0 Å². The van der Waals surface area contributed by atoms with E-state index in [-0.39, 0.29) is 6.03 Å². The summed E-state index contributed by atoms with van der Waals surface area (Å²) in [5.41, 5.74) is 3.18. The van der Waals surface area contributed by atoms with Crippen LogP contribution in [0.1, 0.15) is 43.4 Å². The molecule has 1 aromatic carbocycles. The summed E-state index contributed by atoms with van der Waals surface area (Å²) in [6.07, 6.45) is 6.66. The third kappa shape index (κ3) is 4.51. The highest BCUT2D eigenvalue weighted by molar-refractivity contribution is 5.75. The van der Waals surface area contributed by atoms with Crippen LogP contribution in [0.5, 0.6) is 0 Å². The molecule has 5 rings (SSSR count). The Morgan fingerprint density at radius 1 is 1.00 bits per heavy atom. The summed E-state index contributed by atoms with van der Waals surface area (Å²) in [6, 6.07) is 10.5. The lowest BCUT2D eigenvalue weighted by atomic mass is 9.95. The second kappa shape index (κ2) is 9.22. The summed E-state index contributed by atoms with van der Waals surface area (Å²) in [7, 11) is 0. The largest absolute Gasteiger partial charge is 0.378 e. The van der Waals surface area contributed by atoms with Gasteiger partial charge < -0.3 is 19.9 Å². The molecule has 1 aliphatic carbocycles. The molecule has 2 fully saturated rings. The van der Waals surface area contributed by atoms with E-state index in [2.05, 4.69) is 22.3 Å². The van der Waals surface area contributed by atoms with E-state index in [1.807, 2.05) is 23.1 Å². The summed E-state index contributed by atoms with van der Waals surface area (Å²) in [5.74, 6) is 1.73. The summed E-state index contributed by atoms with van der Waals surface area (Å²) in [4.78, 5) is 27.1. The molecule has 164 valence electrons. The van der Waals surface area contributed by atoms with Crippen LogP contribution in [-0.4, -0.2) is 59.8 Å². The average Bonchev–Trinajstić information content (AvgIpc) is 2.84. The predicted molar refractivity (Wildman–Crippen MR) is 120 cm³/mol. The number of aromatic nitrogens is 2. The van der Waals surface area contributed by atoms with Crippen molar-refractivity contribution in [3.8, 4) is 11.4 Å². The smallest absolute Gasteiger partial charge is 0.317 e. The zero-order chi connectivity index (χ0) is 21.0. The highest BCUT2D eigenvalue weighted by atomic mass is 16.5. The summed E-state index contributed by atoms with van der Waals surface area (Å²) < 4.78 is 5.56. The van der Waals surface area contributed by atoms with Gasteiger partial charge in [0.1, 0.15) is 5.82 Å². The first-order chi connectivity index (χ1) is 15.3. The van der Waals surface area contributed by atoms with Crippen molar-refractivity contribution in [1.29, 1.82) is 0 Å². The number of morpholine rings is 1. The zero-order valence-corrected chi connectivity index (χ0v) is 18.1. The van der Waals surface area contributed by atoms with Crippen molar-refractivity contribution in [2.75, 3.05) is 37.7 Å². The number of amides is 2. The third-order valence-corrected chi connectivity index (χ3v) is 6.60. The van der Waals surface area contributed by atoms with Gasteiger partial charge in [0.05, 0.1) is 25.5 Å². The molecule has 1 aromatic heterocycles. The number of nitrogens with one attached hydrogen (secondary N) is 1. The number of anilines is 1. The molecule has 3 aliphatic rings. The fourth-order valence-electron chi connectivity index (χ4n) is 4.84. The molecule has 0 spiro atoms. The predicted octanol–water partition coefficient (Wildman–Crippen LogP) is 3.38. The van der Waals surface area contributed by atoms with Gasteiger partial charge in [0.25, 0.3) is 0 Å². The molecule has 31 heavy (non-hydrogen) atoms. The summed E-state index contributed by atoms with van der Waals surface area (Å²) in [6.45, 7) is 4.28. The van der Waals surface area contributed by atoms with E-state index >= 15 is 0 Å². The van der Waals surface area contributed by atoms with Gasteiger partial charge in [-0.2, -0.15) is 0 Å². The Labute approximate surface area is 183 Å². The number of rotatable bonds is 3. The molecule has 2 aromatic rings. The van der Waals surface area contributed by atoms with E-state index in [1.54, 1.807) is 0 Å². The third-order valence-electron chi connectivity index (χ3n) is 6.60. The van der Waals surface area contributed by atoms with Crippen molar-refractivity contribution in [3.05, 3.63) is 41.6 Å². The Kier molecular flexibility index (Phi) is 6.02. The maximum atomic E-state index is 13.0. The number of nitrogens with zero attached hydrogens (tertiary/aromatic N) is 4. The fourth-order valence-corrected chi connectivity index (χ4v) is 4.84. The Bertz CT molecular complexity index is 908. The molecule has 1 saturated heterocycles. The van der Waals surface area contributed by atoms with E-state index in [1.165, 1.54) is 19.3 Å². The molecule has 1 N–H and O–H groups in total. The summed E-state index contributed by atoms with van der Waals surface area (Å²) >= 11 is 0. The van der Waals surface area contributed by atoms with Gasteiger partial charge >= 0.3 is 6.03 Å². The quantitative estimate of drug-likeness (QED) is 0.823. The molecule has 7 nitrogen and oxygen atoms in total. The van der Waals surface area contributed by atoms with Crippen molar-refractivity contribution in [3.63, 3.8) is 0 Å². The van der Waals surface area contributed by atoms with Gasteiger partial charge in [-0.1, -0.05) is 49.6 Å². The molecular formula is C24H31N5O2. The van der Waals surface area contributed by atoms with Gasteiger partial charge in [0.15, 0.2) is 5.82 Å². The van der Waals surface area contributed by atoms with Gasteiger partial charge in [0.2, 0.25) is 0 Å². The number of carbonyl (C=O) groups excluding carboxylic acids is 1. The lowest BCUT2D eigenvalue weighted by Crippen LogP contribution is -2.48. The highest BCUT2D eigenvalue weighted by Crippen LogP contribution is 2.30. The topological polar surface area (TPSA) is 70.6 Å². The minimum absolute atomic E-state index is 0.0533. The van der Waals surface area contributed by atoms with Gasteiger partial charge in [-0.05, 0) is 12.8 Å². The van der Waals surface area contributed by atoms with E-state index in [4.69, 9.17) is 14.7 Å². The van der Waals surface area contributed by atoms with Crippen LogP contribution in [0.25, 0.3) is 11.4 Å². The molecule has 1 saturated carbocycles. The molecule has 3 heterocycles. The number of benzene rings is 1. The van der Waals surface area contributed by atoms with Gasteiger partial charge in [-0.15, -0.1) is 0 Å². The number of carbonyl (C=O) groups is 1. The van der Waals surface area contributed by atoms with Crippen LogP contribution in [0.3, 0.4) is 0 Å². The summed E-state index contributed by atoms with van der Waals surface area (Å²) in [5, 5.41) is 3.27. The maximum absolute atomic E-state index is 13.0. The second-order valence-corrected chi connectivity index (χ2v) is 8.72. The van der Waals surface area contributed by atoms with E-state index in [0.717, 1.165) is 60.8 Å². The van der Waals surface area contributed by atoms with Crippen LogP contribution < -0.4 is 10.2 Å². The lowest BCUT2D eigenvalue weighted by Gasteiger charge is -2.35. The molecule has 2 amide bonds. The Balaban J connectivity index is 1.42. The van der Waals surface area contributed by atoms with Crippen LogP contribution in [0.2, 0.25) is 0 Å². The van der Waals surface area contributed by atoms with Crippen LogP contribution in [0, 0.1) is 0 Å². The highest BCUT2D eigenvalue weighted by Gasteiger charge is 2.29. The fraction of sp³-hybridized carbons (Fsp3) is 0.542. The monoisotopic (exact) mass is 421 g/mol. The molecule has 0 radical (unpaired) electrons. The molecule has 0 atom stereocenters. The van der Waals surface area contributed by atoms with Crippen LogP contribution in [0.15, 0.2) is 30.3 Å². The van der Waals surface area contributed by atoms with Crippen molar-refractivity contribution in [1.82, 2.24) is 20.2 Å². The minimum Gasteiger partial charge on any atom is -0.378 e. The Hall–Kier alpha value is -2.67. The number of ether oxygens (including phenoxy) is 1. The first-order valence-electron chi connectivity index (χ1n) is 11.6. The average molecular weight is 422 g/mol. The first-order valence-corrected chi connectivity index (χ1v) is 11.6. The van der Waals surface area contributed by atoms with Crippen molar-refractivity contribution in [2.45, 2.75) is 51.1 Å². The Morgan fingerprint density at radius 2 is 1.77 bits per heavy atom. The Morgan fingerprint density at radius 3 is 2.55 bits per heavy atom. The van der Waals surface area contributed by atoms with Crippen LogP contribution in [0.4, 0.5) is 10.6 Å². The standard InChI is InChI=1S/C24H31N5O2/c30-24(25-19-9-5-2-6-10-19)29-12-11-21-20(17-29)23(28-13-15-31-16-14-28)27-22(26-21)18-7-3-1-4-8-18/h1,3-4,7-8,19H,2,5-6,9-17H2,(H,25,30). The van der Waals surface area contributed by atoms with Gasteiger partial charge in [-0.25, -0.2) is 14.8 Å². The van der Waals surface area contributed by atoms with Crippen molar-refractivity contribution in [2.24, 2.45) is 0 Å².